The molecule has 1 heteroatoms. The summed E-state index contributed by atoms with van der Waals surface area (Å²) in [7, 11) is 0. The second-order valence-corrected chi connectivity index (χ2v) is 5.13. The van der Waals surface area contributed by atoms with E-state index in [4.69, 9.17) is 11.6 Å². The maximum atomic E-state index is 6.09. The van der Waals surface area contributed by atoms with Crippen LogP contribution in [0.25, 0.3) is 0 Å². The molecule has 1 aliphatic carbocycles. The van der Waals surface area contributed by atoms with E-state index in [1.807, 2.05) is 0 Å². The van der Waals surface area contributed by atoms with Gasteiger partial charge in [-0.2, -0.15) is 0 Å². The molecular weight excluding hydrogens is 168 g/mol. The number of hydrogen-bond acceptors (Lipinski definition) is 0. The van der Waals surface area contributed by atoms with Crippen LogP contribution in [0.1, 0.15) is 47.0 Å². The van der Waals surface area contributed by atoms with E-state index in [1.54, 1.807) is 0 Å². The topological polar surface area (TPSA) is 0 Å². The van der Waals surface area contributed by atoms with Crippen LogP contribution < -0.4 is 0 Å². The van der Waals surface area contributed by atoms with Gasteiger partial charge < -0.3 is 0 Å². The zero-order chi connectivity index (χ0) is 9.41. The van der Waals surface area contributed by atoms with Crippen molar-refractivity contribution in [2.24, 2.45) is 16.7 Å². The van der Waals surface area contributed by atoms with Gasteiger partial charge in [-0.25, -0.2) is 0 Å². The number of alkyl halides is 1. The average Bonchev–Trinajstić information content (AvgIpc) is 2.58. The van der Waals surface area contributed by atoms with Crippen LogP contribution in [0.3, 0.4) is 0 Å². The van der Waals surface area contributed by atoms with Crippen molar-refractivity contribution in [2.75, 3.05) is 5.88 Å². The second-order valence-electron chi connectivity index (χ2n) is 4.86. The van der Waals surface area contributed by atoms with Crippen molar-refractivity contribution in [2.45, 2.75) is 47.0 Å². The van der Waals surface area contributed by atoms with Crippen molar-refractivity contribution in [1.82, 2.24) is 0 Å². The molecule has 0 bridgehead atoms. The molecule has 0 spiro atoms. The van der Waals surface area contributed by atoms with Gasteiger partial charge in [0.1, 0.15) is 0 Å². The lowest BCUT2D eigenvalue weighted by molar-refractivity contribution is 0.257. The largest absolute Gasteiger partial charge is 0.126 e. The molecule has 0 N–H and O–H groups in total. The van der Waals surface area contributed by atoms with Gasteiger partial charge in [0, 0.05) is 5.88 Å². The molecule has 1 fully saturated rings. The van der Waals surface area contributed by atoms with Crippen LogP contribution in [0, 0.1) is 16.7 Å². The van der Waals surface area contributed by atoms with Crippen molar-refractivity contribution in [3.63, 3.8) is 0 Å². The molecule has 1 unspecified atom stereocenters. The molecule has 0 saturated heterocycles. The molecule has 72 valence electrons. The number of halogens is 1. The third-order valence-corrected chi connectivity index (χ3v) is 4.46. The first kappa shape index (κ1) is 10.4. The van der Waals surface area contributed by atoms with Crippen LogP contribution in [0.2, 0.25) is 0 Å². The van der Waals surface area contributed by atoms with E-state index in [9.17, 15) is 0 Å². The second kappa shape index (κ2) is 3.21. The van der Waals surface area contributed by atoms with E-state index in [2.05, 4.69) is 27.7 Å². The highest BCUT2D eigenvalue weighted by molar-refractivity contribution is 6.18. The smallest absolute Gasteiger partial charge is 0.0287 e. The highest BCUT2D eigenvalue weighted by atomic mass is 35.5. The molecule has 1 rings (SSSR count). The SMILES string of the molecule is CCC(CC)C1(CCl)CC1(C)C. The Morgan fingerprint density at radius 1 is 1.25 bits per heavy atom. The summed E-state index contributed by atoms with van der Waals surface area (Å²) < 4.78 is 0. The summed E-state index contributed by atoms with van der Waals surface area (Å²) in [5.74, 6) is 1.69. The summed E-state index contributed by atoms with van der Waals surface area (Å²) in [5, 5.41) is 0. The van der Waals surface area contributed by atoms with Crippen LogP contribution in [-0.2, 0) is 0 Å². The summed E-state index contributed by atoms with van der Waals surface area (Å²) >= 11 is 6.09. The third-order valence-electron chi connectivity index (χ3n) is 3.99. The Hall–Kier alpha value is 0.290. The molecule has 0 aromatic heterocycles. The molecule has 0 nitrogen and oxygen atoms in total. The summed E-state index contributed by atoms with van der Waals surface area (Å²) in [6.07, 6.45) is 3.90. The molecule has 1 aliphatic rings. The molecular formula is C11H21Cl. The van der Waals surface area contributed by atoms with E-state index in [1.165, 1.54) is 19.3 Å². The first-order chi connectivity index (χ1) is 5.54. The van der Waals surface area contributed by atoms with Gasteiger partial charge in [0.25, 0.3) is 0 Å². The first-order valence-corrected chi connectivity index (χ1v) is 5.63. The quantitative estimate of drug-likeness (QED) is 0.584. The fraction of sp³-hybridized carbons (Fsp3) is 1.00. The summed E-state index contributed by atoms with van der Waals surface area (Å²) in [6, 6.07) is 0. The predicted molar refractivity (Wildman–Crippen MR) is 55.6 cm³/mol. The van der Waals surface area contributed by atoms with E-state index < -0.39 is 0 Å². The Labute approximate surface area is 81.7 Å². The van der Waals surface area contributed by atoms with Crippen LogP contribution in [0.15, 0.2) is 0 Å². The van der Waals surface area contributed by atoms with Gasteiger partial charge in [0.15, 0.2) is 0 Å². The van der Waals surface area contributed by atoms with Gasteiger partial charge in [-0.3, -0.25) is 0 Å². The monoisotopic (exact) mass is 188 g/mol. The zero-order valence-corrected chi connectivity index (χ0v) is 9.54. The molecule has 0 amide bonds. The summed E-state index contributed by atoms with van der Waals surface area (Å²) in [6.45, 7) is 9.29. The Morgan fingerprint density at radius 3 is 1.75 bits per heavy atom. The maximum Gasteiger partial charge on any atom is 0.0287 e. The summed E-state index contributed by atoms with van der Waals surface area (Å²) in [5.41, 5.74) is 0.976. The van der Waals surface area contributed by atoms with E-state index in [0.717, 1.165) is 11.8 Å². The predicted octanol–water partition coefficient (Wildman–Crippen LogP) is 4.08. The Morgan fingerprint density at radius 2 is 1.67 bits per heavy atom. The van der Waals surface area contributed by atoms with Gasteiger partial charge in [0.05, 0.1) is 0 Å². The van der Waals surface area contributed by atoms with Crippen molar-refractivity contribution in [1.29, 1.82) is 0 Å². The number of hydrogen-bond donors (Lipinski definition) is 0. The lowest BCUT2D eigenvalue weighted by atomic mass is 9.81. The molecule has 0 radical (unpaired) electrons. The lowest BCUT2D eigenvalue weighted by Gasteiger charge is -2.26. The fourth-order valence-electron chi connectivity index (χ4n) is 2.85. The molecule has 12 heavy (non-hydrogen) atoms. The fourth-order valence-corrected chi connectivity index (χ4v) is 3.52. The van der Waals surface area contributed by atoms with Crippen molar-refractivity contribution >= 4 is 11.6 Å². The van der Waals surface area contributed by atoms with Crippen molar-refractivity contribution < 1.29 is 0 Å². The molecule has 1 saturated carbocycles. The van der Waals surface area contributed by atoms with Crippen molar-refractivity contribution in [3.05, 3.63) is 0 Å². The molecule has 0 heterocycles. The van der Waals surface area contributed by atoms with Crippen molar-refractivity contribution in [3.8, 4) is 0 Å². The first-order valence-electron chi connectivity index (χ1n) is 5.10. The minimum absolute atomic E-state index is 0.470. The van der Waals surface area contributed by atoms with Gasteiger partial charge in [-0.05, 0) is 23.2 Å². The Kier molecular flexibility index (Phi) is 2.78. The van der Waals surface area contributed by atoms with Gasteiger partial charge in [-0.1, -0.05) is 40.5 Å². The van der Waals surface area contributed by atoms with E-state index in [0.29, 0.717) is 10.8 Å². The van der Waals surface area contributed by atoms with Gasteiger partial charge >= 0.3 is 0 Å². The minimum atomic E-state index is 0.470. The molecule has 1 atom stereocenters. The Bertz CT molecular complexity index is 158. The zero-order valence-electron chi connectivity index (χ0n) is 8.78. The molecule has 0 aromatic carbocycles. The van der Waals surface area contributed by atoms with Crippen LogP contribution in [0.4, 0.5) is 0 Å². The molecule has 0 aromatic rings. The molecule has 0 aliphatic heterocycles. The standard InChI is InChI=1S/C11H21Cl/c1-5-9(6-2)11(8-12)7-10(11,3)4/h9H,5-8H2,1-4H3. The van der Waals surface area contributed by atoms with Gasteiger partial charge in [-0.15, -0.1) is 11.6 Å². The average molecular weight is 189 g/mol. The third kappa shape index (κ3) is 1.28. The maximum absolute atomic E-state index is 6.09. The highest BCUT2D eigenvalue weighted by Crippen LogP contribution is 2.69. The van der Waals surface area contributed by atoms with E-state index >= 15 is 0 Å². The van der Waals surface area contributed by atoms with Crippen LogP contribution >= 0.6 is 11.6 Å². The van der Waals surface area contributed by atoms with Crippen LogP contribution in [-0.4, -0.2) is 5.88 Å². The summed E-state index contributed by atoms with van der Waals surface area (Å²) in [4.78, 5) is 0. The van der Waals surface area contributed by atoms with Gasteiger partial charge in [0.2, 0.25) is 0 Å². The lowest BCUT2D eigenvalue weighted by Crippen LogP contribution is -2.22. The number of rotatable bonds is 4. The highest BCUT2D eigenvalue weighted by Gasteiger charge is 2.62. The normalized spacial score (nSPS) is 32.5. The minimum Gasteiger partial charge on any atom is -0.126 e. The van der Waals surface area contributed by atoms with E-state index in [-0.39, 0.29) is 0 Å². The van der Waals surface area contributed by atoms with Crippen LogP contribution in [0.5, 0.6) is 0 Å². The Balaban J connectivity index is 2.70.